The average Bonchev–Trinajstić information content (AvgIpc) is 2.73. The fourth-order valence-corrected chi connectivity index (χ4v) is 2.60. The summed E-state index contributed by atoms with van der Waals surface area (Å²) in [6.45, 7) is 1.30. The van der Waals surface area contributed by atoms with Crippen molar-refractivity contribution >= 4 is 33.6 Å². The van der Waals surface area contributed by atoms with Gasteiger partial charge in [0.15, 0.2) is 5.82 Å². The Labute approximate surface area is 126 Å². The third kappa shape index (κ3) is 1.98. The summed E-state index contributed by atoms with van der Waals surface area (Å²) < 4.78 is 43.7. The number of benzene rings is 2. The Kier molecular flexibility index (Phi) is 3.19. The molecule has 1 heterocycles. The van der Waals surface area contributed by atoms with Gasteiger partial charge < -0.3 is 0 Å². The molecule has 2 nitrogen and oxygen atoms in total. The first kappa shape index (κ1) is 13.4. The van der Waals surface area contributed by atoms with Crippen LogP contribution in [0.5, 0.6) is 0 Å². The molecule has 102 valence electrons. The highest BCUT2D eigenvalue weighted by Gasteiger charge is 2.19. The smallest absolute Gasteiger partial charge is 0.269 e. The van der Waals surface area contributed by atoms with E-state index in [1.165, 1.54) is 6.92 Å². The van der Waals surface area contributed by atoms with Crippen LogP contribution in [0.15, 0.2) is 30.3 Å². The fraction of sp³-hybridized carbons (Fsp3) is 0.0714. The fourth-order valence-electron chi connectivity index (χ4n) is 2.07. The van der Waals surface area contributed by atoms with Crippen LogP contribution in [-0.4, -0.2) is 9.55 Å². The maximum absolute atomic E-state index is 14.0. The SMILES string of the molecule is Cc1c(F)cc2c(nc(F)n2-c2cccc(I)c2)c1F. The first-order chi connectivity index (χ1) is 9.49. The van der Waals surface area contributed by atoms with Crippen molar-refractivity contribution in [1.29, 1.82) is 0 Å². The third-order valence-electron chi connectivity index (χ3n) is 3.10. The average molecular weight is 388 g/mol. The van der Waals surface area contributed by atoms with E-state index in [0.717, 1.165) is 14.2 Å². The number of halogens is 4. The van der Waals surface area contributed by atoms with Crippen LogP contribution in [0.1, 0.15) is 5.56 Å². The van der Waals surface area contributed by atoms with Crippen molar-refractivity contribution in [2.24, 2.45) is 0 Å². The molecular formula is C14H8F3IN2. The van der Waals surface area contributed by atoms with Gasteiger partial charge in [0.25, 0.3) is 6.08 Å². The Bertz CT molecular complexity index is 827. The molecule has 0 aliphatic rings. The van der Waals surface area contributed by atoms with E-state index in [1.807, 2.05) is 6.07 Å². The lowest BCUT2D eigenvalue weighted by Crippen LogP contribution is -1.99. The van der Waals surface area contributed by atoms with Crippen molar-refractivity contribution in [3.05, 3.63) is 57.2 Å². The minimum absolute atomic E-state index is 0.0742. The zero-order valence-corrected chi connectivity index (χ0v) is 12.5. The van der Waals surface area contributed by atoms with Gasteiger partial charge in [-0.2, -0.15) is 9.37 Å². The molecule has 0 saturated heterocycles. The molecule has 20 heavy (non-hydrogen) atoms. The van der Waals surface area contributed by atoms with E-state index in [2.05, 4.69) is 27.6 Å². The van der Waals surface area contributed by atoms with E-state index in [1.54, 1.807) is 18.2 Å². The van der Waals surface area contributed by atoms with Crippen molar-refractivity contribution < 1.29 is 13.2 Å². The summed E-state index contributed by atoms with van der Waals surface area (Å²) >= 11 is 2.08. The lowest BCUT2D eigenvalue weighted by molar-refractivity contribution is 0.527. The number of nitrogens with zero attached hydrogens (tertiary/aromatic N) is 2. The molecule has 0 saturated carbocycles. The van der Waals surface area contributed by atoms with Crippen molar-refractivity contribution in [3.63, 3.8) is 0 Å². The van der Waals surface area contributed by atoms with Gasteiger partial charge in [0.2, 0.25) is 0 Å². The van der Waals surface area contributed by atoms with Crippen LogP contribution in [0, 0.1) is 28.2 Å². The normalized spacial score (nSPS) is 11.2. The van der Waals surface area contributed by atoms with E-state index in [9.17, 15) is 13.2 Å². The van der Waals surface area contributed by atoms with Crippen LogP contribution >= 0.6 is 22.6 Å². The maximum atomic E-state index is 14.0. The lowest BCUT2D eigenvalue weighted by atomic mass is 10.2. The molecule has 0 bridgehead atoms. The second-order valence-electron chi connectivity index (χ2n) is 4.36. The molecule has 0 atom stereocenters. The van der Waals surface area contributed by atoms with Crippen LogP contribution < -0.4 is 0 Å². The predicted octanol–water partition coefficient (Wildman–Crippen LogP) is 4.36. The number of hydrogen-bond donors (Lipinski definition) is 0. The van der Waals surface area contributed by atoms with Crippen LogP contribution in [0.25, 0.3) is 16.7 Å². The van der Waals surface area contributed by atoms with Crippen molar-refractivity contribution in [2.45, 2.75) is 6.92 Å². The van der Waals surface area contributed by atoms with Crippen LogP contribution in [-0.2, 0) is 0 Å². The van der Waals surface area contributed by atoms with Gasteiger partial charge in [-0.25, -0.2) is 8.78 Å². The molecule has 0 spiro atoms. The summed E-state index contributed by atoms with van der Waals surface area (Å²) in [5, 5.41) is 0. The highest BCUT2D eigenvalue weighted by molar-refractivity contribution is 14.1. The van der Waals surface area contributed by atoms with Gasteiger partial charge in [-0.05, 0) is 47.7 Å². The summed E-state index contributed by atoms with van der Waals surface area (Å²) in [5.41, 5.74) is 0.217. The largest absolute Gasteiger partial charge is 0.294 e. The minimum atomic E-state index is -0.870. The van der Waals surface area contributed by atoms with Gasteiger partial charge >= 0.3 is 0 Å². The highest BCUT2D eigenvalue weighted by Crippen LogP contribution is 2.27. The van der Waals surface area contributed by atoms with E-state index in [-0.39, 0.29) is 16.6 Å². The monoisotopic (exact) mass is 388 g/mol. The van der Waals surface area contributed by atoms with Crippen LogP contribution in [0.3, 0.4) is 0 Å². The Morgan fingerprint density at radius 1 is 1.15 bits per heavy atom. The zero-order valence-electron chi connectivity index (χ0n) is 10.3. The molecular weight excluding hydrogens is 380 g/mol. The summed E-state index contributed by atoms with van der Waals surface area (Å²) in [6, 6.07) is 8.04. The topological polar surface area (TPSA) is 17.8 Å². The molecule has 0 amide bonds. The summed E-state index contributed by atoms with van der Waals surface area (Å²) in [4.78, 5) is 3.57. The Morgan fingerprint density at radius 2 is 1.90 bits per heavy atom. The maximum Gasteiger partial charge on any atom is 0.294 e. The van der Waals surface area contributed by atoms with Gasteiger partial charge in [-0.1, -0.05) is 6.07 Å². The molecule has 6 heteroatoms. The first-order valence-electron chi connectivity index (χ1n) is 5.77. The number of fused-ring (bicyclic) bond motifs is 1. The summed E-state index contributed by atoms with van der Waals surface area (Å²) in [5.74, 6) is -1.55. The molecule has 0 fully saturated rings. The number of hydrogen-bond acceptors (Lipinski definition) is 1. The van der Waals surface area contributed by atoms with Crippen molar-refractivity contribution in [3.8, 4) is 5.69 Å². The second kappa shape index (κ2) is 4.76. The number of aromatic nitrogens is 2. The predicted molar refractivity (Wildman–Crippen MR) is 78.4 cm³/mol. The van der Waals surface area contributed by atoms with Gasteiger partial charge in [0.1, 0.15) is 11.3 Å². The molecule has 3 rings (SSSR count). The van der Waals surface area contributed by atoms with Gasteiger partial charge in [-0.3, -0.25) is 4.57 Å². The van der Waals surface area contributed by atoms with Crippen LogP contribution in [0.4, 0.5) is 13.2 Å². The van der Waals surface area contributed by atoms with Crippen molar-refractivity contribution in [2.75, 3.05) is 0 Å². The molecule has 0 radical (unpaired) electrons. The van der Waals surface area contributed by atoms with Gasteiger partial charge in [0.05, 0.1) is 11.2 Å². The Balaban J connectivity index is 2.40. The van der Waals surface area contributed by atoms with Gasteiger partial charge in [0, 0.05) is 15.2 Å². The van der Waals surface area contributed by atoms with Gasteiger partial charge in [-0.15, -0.1) is 0 Å². The second-order valence-corrected chi connectivity index (χ2v) is 5.61. The number of imidazole rings is 1. The van der Waals surface area contributed by atoms with Crippen LogP contribution in [0.2, 0.25) is 0 Å². The van der Waals surface area contributed by atoms with E-state index in [0.29, 0.717) is 5.69 Å². The quantitative estimate of drug-likeness (QED) is 0.567. The molecule has 3 aromatic rings. The highest BCUT2D eigenvalue weighted by atomic mass is 127. The third-order valence-corrected chi connectivity index (χ3v) is 3.77. The first-order valence-corrected chi connectivity index (χ1v) is 6.85. The number of rotatable bonds is 1. The van der Waals surface area contributed by atoms with E-state index in [4.69, 9.17) is 0 Å². The Morgan fingerprint density at radius 3 is 2.60 bits per heavy atom. The molecule has 2 aromatic carbocycles. The molecule has 0 aliphatic carbocycles. The summed E-state index contributed by atoms with van der Waals surface area (Å²) in [6.07, 6.45) is -0.870. The molecule has 1 aromatic heterocycles. The standard InChI is InChI=1S/C14H8F3IN2/c1-7-10(15)6-11-13(12(7)16)19-14(17)20(11)9-4-2-3-8(18)5-9/h2-6H,1H3. The molecule has 0 N–H and O–H groups in total. The minimum Gasteiger partial charge on any atom is -0.269 e. The Hall–Kier alpha value is -1.57. The van der Waals surface area contributed by atoms with Crippen molar-refractivity contribution in [1.82, 2.24) is 9.55 Å². The lowest BCUT2D eigenvalue weighted by Gasteiger charge is -2.06. The molecule has 0 aliphatic heterocycles. The summed E-state index contributed by atoms with van der Waals surface area (Å²) in [7, 11) is 0. The zero-order chi connectivity index (χ0) is 14.4. The van der Waals surface area contributed by atoms with E-state index < -0.39 is 17.7 Å². The van der Waals surface area contributed by atoms with E-state index >= 15 is 0 Å². The molecule has 0 unspecified atom stereocenters.